The highest BCUT2D eigenvalue weighted by atomic mass is 35.5. The summed E-state index contributed by atoms with van der Waals surface area (Å²) in [6.45, 7) is 0. The lowest BCUT2D eigenvalue weighted by Crippen LogP contribution is -2.40. The van der Waals surface area contributed by atoms with Gasteiger partial charge in [-0.3, -0.25) is 24.6 Å². The molecular weight excluding hydrogens is 424 g/mol. The first kappa shape index (κ1) is 20.6. The minimum absolute atomic E-state index is 0.00243. The number of ketones is 1. The molecular formula is C22H19ClN2O4S. The molecule has 0 saturated carbocycles. The van der Waals surface area contributed by atoms with Gasteiger partial charge in [0.1, 0.15) is 5.69 Å². The molecule has 0 spiro atoms. The standard InChI is InChI=1S/C22H19ClN2O4S/c1-30-15-8-5-13(6-9-15)16-12-21(27)24(18-3-2-4-20(26)22(16)18)19-11-14(23)7-10-17(19)25(28)29/h5-11,16H,2-4,12H2,1H3. The van der Waals surface area contributed by atoms with Crippen molar-refractivity contribution in [2.45, 2.75) is 36.5 Å². The highest BCUT2D eigenvalue weighted by Crippen LogP contribution is 2.45. The maximum absolute atomic E-state index is 13.3. The predicted octanol–water partition coefficient (Wildman–Crippen LogP) is 5.50. The Labute approximate surface area is 183 Å². The van der Waals surface area contributed by atoms with E-state index in [1.165, 1.54) is 23.1 Å². The summed E-state index contributed by atoms with van der Waals surface area (Å²) in [6, 6.07) is 12.0. The molecule has 1 amide bonds. The normalized spacial score (nSPS) is 19.1. The molecule has 6 nitrogen and oxygen atoms in total. The number of hydrogen-bond donors (Lipinski definition) is 0. The van der Waals surface area contributed by atoms with Gasteiger partial charge in [0.25, 0.3) is 5.69 Å². The Balaban J connectivity index is 1.88. The van der Waals surface area contributed by atoms with Gasteiger partial charge in [0.05, 0.1) is 4.92 Å². The molecule has 0 radical (unpaired) electrons. The van der Waals surface area contributed by atoms with Crippen molar-refractivity contribution in [3.05, 3.63) is 74.4 Å². The fourth-order valence-electron chi connectivity index (χ4n) is 4.22. The molecule has 2 aromatic carbocycles. The molecule has 30 heavy (non-hydrogen) atoms. The van der Waals surface area contributed by atoms with Crippen LogP contribution in [0.4, 0.5) is 11.4 Å². The number of carbonyl (C=O) groups excluding carboxylic acids is 2. The highest BCUT2D eigenvalue weighted by Gasteiger charge is 2.41. The van der Waals surface area contributed by atoms with Crippen LogP contribution in [0.1, 0.15) is 37.2 Å². The first-order valence-corrected chi connectivity index (χ1v) is 11.2. The fourth-order valence-corrected chi connectivity index (χ4v) is 4.80. The maximum atomic E-state index is 13.3. The molecule has 1 unspecified atom stereocenters. The molecule has 0 aromatic heterocycles. The Morgan fingerprint density at radius 1 is 1.13 bits per heavy atom. The molecule has 0 N–H and O–H groups in total. The molecule has 0 bridgehead atoms. The van der Waals surface area contributed by atoms with E-state index in [0.717, 1.165) is 10.5 Å². The highest BCUT2D eigenvalue weighted by molar-refractivity contribution is 7.98. The van der Waals surface area contributed by atoms with Gasteiger partial charge >= 0.3 is 0 Å². The third kappa shape index (κ3) is 3.63. The largest absolute Gasteiger partial charge is 0.294 e. The van der Waals surface area contributed by atoms with Gasteiger partial charge in [-0.25, -0.2) is 0 Å². The van der Waals surface area contributed by atoms with Crippen LogP contribution in [-0.2, 0) is 9.59 Å². The molecule has 1 aliphatic carbocycles. The zero-order valence-electron chi connectivity index (χ0n) is 16.3. The molecule has 1 atom stereocenters. The van der Waals surface area contributed by atoms with Crippen LogP contribution in [0.5, 0.6) is 0 Å². The van der Waals surface area contributed by atoms with Crippen LogP contribution < -0.4 is 4.90 Å². The number of rotatable bonds is 4. The molecule has 0 fully saturated rings. The van der Waals surface area contributed by atoms with E-state index in [2.05, 4.69) is 0 Å². The lowest BCUT2D eigenvalue weighted by Gasteiger charge is -2.38. The van der Waals surface area contributed by atoms with E-state index >= 15 is 0 Å². The van der Waals surface area contributed by atoms with Crippen LogP contribution in [0.3, 0.4) is 0 Å². The van der Waals surface area contributed by atoms with E-state index in [1.807, 2.05) is 30.5 Å². The second kappa shape index (κ2) is 8.24. The van der Waals surface area contributed by atoms with Crippen molar-refractivity contribution in [2.75, 3.05) is 11.2 Å². The summed E-state index contributed by atoms with van der Waals surface area (Å²) in [4.78, 5) is 39.7. The Morgan fingerprint density at radius 2 is 1.87 bits per heavy atom. The molecule has 4 rings (SSSR count). The minimum Gasteiger partial charge on any atom is -0.294 e. The summed E-state index contributed by atoms with van der Waals surface area (Å²) in [5.74, 6) is -0.615. The fraction of sp³-hybridized carbons (Fsp3) is 0.273. The Hall–Kier alpha value is -2.64. The number of hydrogen-bond acceptors (Lipinski definition) is 5. The van der Waals surface area contributed by atoms with Gasteiger partial charge in [0, 0.05) is 46.0 Å². The lowest BCUT2D eigenvalue weighted by atomic mass is 9.77. The number of anilines is 1. The van der Waals surface area contributed by atoms with Crippen LogP contribution >= 0.6 is 23.4 Å². The van der Waals surface area contributed by atoms with E-state index in [4.69, 9.17) is 11.6 Å². The molecule has 1 aliphatic heterocycles. The van der Waals surface area contributed by atoms with Crippen LogP contribution in [0.15, 0.2) is 58.6 Å². The zero-order valence-corrected chi connectivity index (χ0v) is 17.8. The number of halogens is 1. The van der Waals surface area contributed by atoms with E-state index in [9.17, 15) is 19.7 Å². The van der Waals surface area contributed by atoms with Crippen LogP contribution in [0.25, 0.3) is 0 Å². The van der Waals surface area contributed by atoms with Gasteiger partial charge < -0.3 is 0 Å². The van der Waals surface area contributed by atoms with Crippen molar-refractivity contribution < 1.29 is 14.5 Å². The number of thioether (sulfide) groups is 1. The van der Waals surface area contributed by atoms with Crippen LogP contribution in [-0.4, -0.2) is 22.9 Å². The number of nitrogens with zero attached hydrogens (tertiary/aromatic N) is 2. The topological polar surface area (TPSA) is 80.5 Å². The van der Waals surface area contributed by atoms with Gasteiger partial charge in [0.15, 0.2) is 5.78 Å². The summed E-state index contributed by atoms with van der Waals surface area (Å²) < 4.78 is 0. The smallest absolute Gasteiger partial charge is 0.293 e. The van der Waals surface area contributed by atoms with Crippen molar-refractivity contribution in [3.63, 3.8) is 0 Å². The van der Waals surface area contributed by atoms with Gasteiger partial charge in [-0.15, -0.1) is 11.8 Å². The monoisotopic (exact) mass is 442 g/mol. The Bertz CT molecular complexity index is 1080. The van der Waals surface area contributed by atoms with E-state index in [1.54, 1.807) is 11.8 Å². The number of amides is 1. The van der Waals surface area contributed by atoms with Crippen LogP contribution in [0, 0.1) is 10.1 Å². The van der Waals surface area contributed by atoms with Gasteiger partial charge in [-0.1, -0.05) is 23.7 Å². The van der Waals surface area contributed by atoms with Gasteiger partial charge in [0.2, 0.25) is 5.91 Å². The third-order valence-electron chi connectivity index (χ3n) is 5.57. The molecule has 2 aliphatic rings. The van der Waals surface area contributed by atoms with Crippen molar-refractivity contribution >= 4 is 46.4 Å². The second-order valence-electron chi connectivity index (χ2n) is 7.29. The quantitative estimate of drug-likeness (QED) is 0.355. The number of carbonyl (C=O) groups is 2. The average Bonchev–Trinajstić information content (AvgIpc) is 2.73. The Kier molecular flexibility index (Phi) is 5.66. The summed E-state index contributed by atoms with van der Waals surface area (Å²) in [7, 11) is 0. The molecule has 154 valence electrons. The Morgan fingerprint density at radius 3 is 2.53 bits per heavy atom. The van der Waals surface area contributed by atoms with Gasteiger partial charge in [-0.05, 0) is 48.9 Å². The minimum atomic E-state index is -0.531. The lowest BCUT2D eigenvalue weighted by molar-refractivity contribution is -0.384. The number of nitro groups is 1. The first-order valence-electron chi connectivity index (χ1n) is 9.57. The van der Waals surface area contributed by atoms with Crippen molar-refractivity contribution in [1.82, 2.24) is 0 Å². The number of allylic oxidation sites excluding steroid dienone is 2. The predicted molar refractivity (Wildman–Crippen MR) is 117 cm³/mol. The van der Waals surface area contributed by atoms with Gasteiger partial charge in [-0.2, -0.15) is 0 Å². The van der Waals surface area contributed by atoms with Crippen molar-refractivity contribution in [3.8, 4) is 0 Å². The van der Waals surface area contributed by atoms with E-state index < -0.39 is 4.92 Å². The van der Waals surface area contributed by atoms with E-state index in [0.29, 0.717) is 35.6 Å². The zero-order chi connectivity index (χ0) is 21.4. The van der Waals surface area contributed by atoms with Crippen LogP contribution in [0.2, 0.25) is 5.02 Å². The first-order chi connectivity index (χ1) is 14.4. The molecule has 2 aromatic rings. The maximum Gasteiger partial charge on any atom is 0.293 e. The van der Waals surface area contributed by atoms with Crippen molar-refractivity contribution in [1.29, 1.82) is 0 Å². The number of nitro benzene ring substituents is 1. The summed E-state index contributed by atoms with van der Waals surface area (Å²) in [5.41, 5.74) is 1.97. The average molecular weight is 443 g/mol. The summed E-state index contributed by atoms with van der Waals surface area (Å²) >= 11 is 7.72. The number of Topliss-reactive ketones (excluding diaryl/α,β-unsaturated/α-hetero) is 1. The molecule has 8 heteroatoms. The SMILES string of the molecule is CSc1ccc(C2CC(=O)N(c3cc(Cl)ccc3[N+](=O)[O-])C3=C2C(=O)CCC3)cc1. The third-order valence-corrected chi connectivity index (χ3v) is 6.55. The van der Waals surface area contributed by atoms with E-state index in [-0.39, 0.29) is 35.4 Å². The summed E-state index contributed by atoms with van der Waals surface area (Å²) in [6.07, 6.45) is 3.59. The van der Waals surface area contributed by atoms with Crippen molar-refractivity contribution in [2.24, 2.45) is 0 Å². The second-order valence-corrected chi connectivity index (χ2v) is 8.60. The molecule has 1 heterocycles. The molecule has 0 saturated heterocycles. The number of benzene rings is 2. The summed E-state index contributed by atoms with van der Waals surface area (Å²) in [5, 5.41) is 11.9.